The molecule has 0 aliphatic rings. The van der Waals surface area contributed by atoms with Crippen LogP contribution >= 0.6 is 35.3 Å². The molecular weight excluding hydrogens is 354 g/mol. The highest BCUT2D eigenvalue weighted by Gasteiger charge is 2.10. The molecule has 2 rings (SSSR count). The summed E-state index contributed by atoms with van der Waals surface area (Å²) in [6.07, 6.45) is 0. The van der Waals surface area contributed by atoms with E-state index in [1.807, 2.05) is 0 Å². The predicted molar refractivity (Wildman–Crippen MR) is 84.5 cm³/mol. The molecule has 1 aromatic heterocycles. The summed E-state index contributed by atoms with van der Waals surface area (Å²) in [6, 6.07) is 3.04. The first-order valence-corrected chi connectivity index (χ1v) is 7.86. The second kappa shape index (κ2) is 7.42. The standard InChI is InChI=1S/C11H8F2N4O2S3/c12-5-1-2-7(6(13)3-5)14-9(20)15-10-16-17-11(22-10)21-4-8(18)19/h1-3H,4H2,(H,18,19)(H2,14,15,16,20). The Morgan fingerprint density at radius 2 is 2.14 bits per heavy atom. The molecule has 1 aromatic carbocycles. The SMILES string of the molecule is O=C(O)CSc1nnc(NC(=S)Nc2ccc(F)cc2F)s1. The van der Waals surface area contributed by atoms with Crippen molar-refractivity contribution in [1.29, 1.82) is 0 Å². The molecular formula is C11H8F2N4O2S3. The number of thioether (sulfide) groups is 1. The van der Waals surface area contributed by atoms with Gasteiger partial charge in [0.05, 0.1) is 11.4 Å². The van der Waals surface area contributed by atoms with E-state index in [-0.39, 0.29) is 16.6 Å². The number of hydrogen-bond donors (Lipinski definition) is 3. The number of hydrogen-bond acceptors (Lipinski definition) is 6. The molecule has 1 heterocycles. The zero-order valence-corrected chi connectivity index (χ0v) is 13.1. The lowest BCUT2D eigenvalue weighted by atomic mass is 10.3. The van der Waals surface area contributed by atoms with Gasteiger partial charge in [0, 0.05) is 6.07 Å². The van der Waals surface area contributed by atoms with E-state index in [0.717, 1.165) is 35.2 Å². The summed E-state index contributed by atoms with van der Waals surface area (Å²) in [5, 5.41) is 21.7. The van der Waals surface area contributed by atoms with E-state index in [2.05, 4.69) is 20.8 Å². The van der Waals surface area contributed by atoms with Crippen LogP contribution in [0.4, 0.5) is 19.6 Å². The average molecular weight is 362 g/mol. The largest absolute Gasteiger partial charge is 0.481 e. The molecule has 22 heavy (non-hydrogen) atoms. The van der Waals surface area contributed by atoms with E-state index < -0.39 is 17.6 Å². The summed E-state index contributed by atoms with van der Waals surface area (Å²) >= 11 is 7.11. The van der Waals surface area contributed by atoms with E-state index in [9.17, 15) is 13.6 Å². The van der Waals surface area contributed by atoms with Crippen molar-refractivity contribution in [3.05, 3.63) is 29.8 Å². The maximum absolute atomic E-state index is 13.5. The van der Waals surface area contributed by atoms with Gasteiger partial charge >= 0.3 is 5.97 Å². The second-order valence-corrected chi connectivity index (χ2v) is 6.37. The number of aromatic nitrogens is 2. The molecule has 0 saturated carbocycles. The summed E-state index contributed by atoms with van der Waals surface area (Å²) in [7, 11) is 0. The van der Waals surface area contributed by atoms with Gasteiger partial charge in [0.1, 0.15) is 11.6 Å². The van der Waals surface area contributed by atoms with Crippen LogP contribution in [0.25, 0.3) is 0 Å². The predicted octanol–water partition coefficient (Wildman–Crippen LogP) is 2.80. The van der Waals surface area contributed by atoms with Crippen molar-refractivity contribution in [1.82, 2.24) is 10.2 Å². The van der Waals surface area contributed by atoms with Crippen LogP contribution in [0, 0.1) is 11.6 Å². The normalized spacial score (nSPS) is 10.3. The van der Waals surface area contributed by atoms with Crippen LogP contribution in [0.2, 0.25) is 0 Å². The fourth-order valence-corrected chi connectivity index (χ4v) is 3.03. The number of nitrogens with zero attached hydrogens (tertiary/aromatic N) is 2. The van der Waals surface area contributed by atoms with E-state index in [1.54, 1.807) is 0 Å². The lowest BCUT2D eigenvalue weighted by Gasteiger charge is -2.08. The number of anilines is 2. The third-order valence-electron chi connectivity index (χ3n) is 2.13. The minimum Gasteiger partial charge on any atom is -0.481 e. The minimum atomic E-state index is -0.960. The zero-order valence-electron chi connectivity index (χ0n) is 10.7. The van der Waals surface area contributed by atoms with Crippen LogP contribution in [0.1, 0.15) is 0 Å². The molecule has 0 aliphatic carbocycles. The number of halogens is 2. The second-order valence-electron chi connectivity index (χ2n) is 3.76. The van der Waals surface area contributed by atoms with Gasteiger partial charge in [-0.2, -0.15) is 0 Å². The van der Waals surface area contributed by atoms with E-state index >= 15 is 0 Å². The Bertz CT molecular complexity index is 710. The Labute approximate surface area is 136 Å². The maximum Gasteiger partial charge on any atom is 0.313 e. The Balaban J connectivity index is 1.93. The number of carboxylic acid groups (broad SMARTS) is 1. The van der Waals surface area contributed by atoms with Gasteiger partial charge in [0.2, 0.25) is 5.13 Å². The lowest BCUT2D eigenvalue weighted by Crippen LogP contribution is -2.19. The summed E-state index contributed by atoms with van der Waals surface area (Å²) in [5.74, 6) is -2.55. The van der Waals surface area contributed by atoms with Crippen molar-refractivity contribution < 1.29 is 18.7 Å². The Morgan fingerprint density at radius 1 is 1.36 bits per heavy atom. The van der Waals surface area contributed by atoms with Crippen LogP contribution in [0.15, 0.2) is 22.5 Å². The van der Waals surface area contributed by atoms with Gasteiger partial charge in [-0.05, 0) is 24.4 Å². The van der Waals surface area contributed by atoms with Gasteiger partial charge in [-0.3, -0.25) is 4.79 Å². The first kappa shape index (κ1) is 16.5. The minimum absolute atomic E-state index is 0.0175. The molecule has 116 valence electrons. The number of nitrogens with one attached hydrogen (secondary N) is 2. The summed E-state index contributed by atoms with van der Waals surface area (Å²) < 4.78 is 26.7. The Hall–Kier alpha value is -1.85. The van der Waals surface area contributed by atoms with E-state index in [1.165, 1.54) is 6.07 Å². The van der Waals surface area contributed by atoms with E-state index in [0.29, 0.717) is 9.47 Å². The van der Waals surface area contributed by atoms with Crippen molar-refractivity contribution in [3.8, 4) is 0 Å². The molecule has 0 atom stereocenters. The summed E-state index contributed by atoms with van der Waals surface area (Å²) in [6.45, 7) is 0. The monoisotopic (exact) mass is 362 g/mol. The van der Waals surface area contributed by atoms with Crippen LogP contribution in [-0.4, -0.2) is 32.1 Å². The first-order valence-electron chi connectivity index (χ1n) is 5.65. The topological polar surface area (TPSA) is 87.1 Å². The smallest absolute Gasteiger partial charge is 0.313 e. The van der Waals surface area contributed by atoms with Gasteiger partial charge in [-0.25, -0.2) is 8.78 Å². The van der Waals surface area contributed by atoms with Crippen molar-refractivity contribution in [2.45, 2.75) is 4.34 Å². The van der Waals surface area contributed by atoms with Gasteiger partial charge in [-0.1, -0.05) is 23.1 Å². The Kier molecular flexibility index (Phi) is 5.57. The Morgan fingerprint density at radius 3 is 2.82 bits per heavy atom. The third-order valence-corrected chi connectivity index (χ3v) is 4.29. The number of carboxylic acids is 1. The van der Waals surface area contributed by atoms with Crippen LogP contribution in [0.3, 0.4) is 0 Å². The highest BCUT2D eigenvalue weighted by molar-refractivity contribution is 8.01. The maximum atomic E-state index is 13.5. The van der Waals surface area contributed by atoms with Gasteiger partial charge in [0.25, 0.3) is 0 Å². The molecule has 0 radical (unpaired) electrons. The van der Waals surface area contributed by atoms with Crippen molar-refractivity contribution in [2.24, 2.45) is 0 Å². The average Bonchev–Trinajstić information content (AvgIpc) is 2.87. The van der Waals surface area contributed by atoms with Gasteiger partial charge < -0.3 is 15.7 Å². The van der Waals surface area contributed by atoms with Crippen LogP contribution in [0.5, 0.6) is 0 Å². The summed E-state index contributed by atoms with van der Waals surface area (Å²) in [5.41, 5.74) is 0.0175. The fraction of sp³-hybridized carbons (Fsp3) is 0.0909. The van der Waals surface area contributed by atoms with Gasteiger partial charge in [0.15, 0.2) is 9.45 Å². The number of aliphatic carboxylic acids is 1. The first-order chi connectivity index (χ1) is 10.4. The molecule has 0 aliphatic heterocycles. The fourth-order valence-electron chi connectivity index (χ4n) is 1.28. The number of benzene rings is 1. The number of carbonyl (C=O) groups is 1. The molecule has 0 amide bonds. The highest BCUT2D eigenvalue weighted by Crippen LogP contribution is 2.25. The van der Waals surface area contributed by atoms with Crippen LogP contribution in [-0.2, 0) is 4.79 Å². The lowest BCUT2D eigenvalue weighted by molar-refractivity contribution is -0.133. The zero-order chi connectivity index (χ0) is 16.1. The van der Waals surface area contributed by atoms with Crippen LogP contribution < -0.4 is 10.6 Å². The number of thiocarbonyl (C=S) groups is 1. The molecule has 0 spiro atoms. The number of rotatable bonds is 5. The van der Waals surface area contributed by atoms with Crippen molar-refractivity contribution in [3.63, 3.8) is 0 Å². The molecule has 0 saturated heterocycles. The molecule has 0 unspecified atom stereocenters. The summed E-state index contributed by atoms with van der Waals surface area (Å²) in [4.78, 5) is 10.4. The quantitative estimate of drug-likeness (QED) is 0.553. The van der Waals surface area contributed by atoms with E-state index in [4.69, 9.17) is 17.3 Å². The molecule has 6 nitrogen and oxygen atoms in total. The third kappa shape index (κ3) is 4.86. The molecule has 0 fully saturated rings. The van der Waals surface area contributed by atoms with Crippen molar-refractivity contribution in [2.75, 3.05) is 16.4 Å². The van der Waals surface area contributed by atoms with Gasteiger partial charge in [-0.15, -0.1) is 10.2 Å². The highest BCUT2D eigenvalue weighted by atomic mass is 32.2. The molecule has 11 heteroatoms. The molecule has 2 aromatic rings. The molecule has 3 N–H and O–H groups in total. The molecule has 0 bridgehead atoms. The van der Waals surface area contributed by atoms with Crippen molar-refractivity contribution >= 4 is 57.2 Å².